The third-order valence-corrected chi connectivity index (χ3v) is 4.51. The normalized spacial score (nSPS) is 13.6. The zero-order chi connectivity index (χ0) is 16.2. The van der Waals surface area contributed by atoms with Gasteiger partial charge in [0.15, 0.2) is 0 Å². The molecule has 120 valence electrons. The smallest absolute Gasteiger partial charge is 0.314 e. The minimum atomic E-state index is -0.597. The summed E-state index contributed by atoms with van der Waals surface area (Å²) in [5, 5.41) is 3.36. The molecular weight excluding hydrogens is 312 g/mol. The number of nitrogens with one attached hydrogen (secondary N) is 1. The fraction of sp³-hybridized carbons (Fsp3) is 0.375. The third kappa shape index (κ3) is 3.73. The highest BCUT2D eigenvalue weighted by molar-refractivity contribution is 7.14. The maximum atomic E-state index is 12.5. The molecule has 2 aromatic rings. The van der Waals surface area contributed by atoms with Crippen molar-refractivity contribution in [2.75, 3.05) is 5.32 Å². The van der Waals surface area contributed by atoms with E-state index in [1.54, 1.807) is 22.8 Å². The maximum Gasteiger partial charge on any atom is 0.314 e. The van der Waals surface area contributed by atoms with Crippen LogP contribution in [0.1, 0.15) is 31.0 Å². The molecule has 1 saturated carbocycles. The van der Waals surface area contributed by atoms with Crippen LogP contribution in [-0.4, -0.2) is 32.7 Å². The first-order valence-electron chi connectivity index (χ1n) is 7.62. The molecule has 2 amide bonds. The Labute approximate surface area is 138 Å². The number of hydrogen-bond acceptors (Lipinski definition) is 5. The standard InChI is InChI=1S/C16H18N4O2S/c1-2-13-15(23-10-18-13)19-14(21)16(22)20(12-5-6-12)9-11-4-3-7-17-8-11/h3-4,7-8,10,12H,2,5-6,9H2,1H3,(H,19,21). The van der Waals surface area contributed by atoms with Gasteiger partial charge in [-0.15, -0.1) is 11.3 Å². The van der Waals surface area contributed by atoms with Gasteiger partial charge in [0, 0.05) is 25.0 Å². The zero-order valence-electron chi connectivity index (χ0n) is 12.9. The number of pyridine rings is 1. The van der Waals surface area contributed by atoms with Crippen LogP contribution < -0.4 is 5.32 Å². The third-order valence-electron chi connectivity index (χ3n) is 3.72. The topological polar surface area (TPSA) is 75.2 Å². The van der Waals surface area contributed by atoms with Gasteiger partial charge in [0.25, 0.3) is 0 Å². The van der Waals surface area contributed by atoms with Gasteiger partial charge >= 0.3 is 11.8 Å². The van der Waals surface area contributed by atoms with Crippen LogP contribution in [0.5, 0.6) is 0 Å². The van der Waals surface area contributed by atoms with Gasteiger partial charge in [-0.3, -0.25) is 14.6 Å². The molecule has 0 saturated heterocycles. The number of carbonyl (C=O) groups excluding carboxylic acids is 2. The number of rotatable bonds is 5. The van der Waals surface area contributed by atoms with Gasteiger partial charge in [-0.05, 0) is 30.9 Å². The quantitative estimate of drug-likeness (QED) is 0.853. The van der Waals surface area contributed by atoms with E-state index >= 15 is 0 Å². The van der Waals surface area contributed by atoms with E-state index in [4.69, 9.17) is 0 Å². The summed E-state index contributed by atoms with van der Waals surface area (Å²) < 4.78 is 0. The van der Waals surface area contributed by atoms with Crippen molar-refractivity contribution in [3.8, 4) is 0 Å². The van der Waals surface area contributed by atoms with Crippen LogP contribution in [0.25, 0.3) is 0 Å². The van der Waals surface area contributed by atoms with E-state index in [-0.39, 0.29) is 6.04 Å². The molecule has 0 aromatic carbocycles. The first-order chi connectivity index (χ1) is 11.2. The molecule has 0 bridgehead atoms. The molecule has 0 spiro atoms. The van der Waals surface area contributed by atoms with Crippen molar-refractivity contribution in [1.82, 2.24) is 14.9 Å². The summed E-state index contributed by atoms with van der Waals surface area (Å²) >= 11 is 1.34. The Morgan fingerprint density at radius 1 is 1.43 bits per heavy atom. The number of amides is 2. The first kappa shape index (κ1) is 15.6. The van der Waals surface area contributed by atoms with Gasteiger partial charge in [0.1, 0.15) is 5.00 Å². The first-order valence-corrected chi connectivity index (χ1v) is 8.50. The molecule has 0 atom stereocenters. The van der Waals surface area contributed by atoms with Crippen LogP contribution in [0.3, 0.4) is 0 Å². The Kier molecular flexibility index (Phi) is 4.66. The van der Waals surface area contributed by atoms with Crippen molar-refractivity contribution < 1.29 is 9.59 Å². The average Bonchev–Trinajstić information content (AvgIpc) is 3.32. The molecule has 1 fully saturated rings. The lowest BCUT2D eigenvalue weighted by Crippen LogP contribution is -2.40. The molecule has 1 aliphatic rings. The minimum Gasteiger partial charge on any atom is -0.327 e. The highest BCUT2D eigenvalue weighted by Gasteiger charge is 2.35. The largest absolute Gasteiger partial charge is 0.327 e. The second-order valence-electron chi connectivity index (χ2n) is 5.46. The summed E-state index contributed by atoms with van der Waals surface area (Å²) in [6.07, 6.45) is 6.02. The average molecular weight is 330 g/mol. The SMILES string of the molecule is CCc1ncsc1NC(=O)C(=O)N(Cc1cccnc1)C1CC1. The highest BCUT2D eigenvalue weighted by Crippen LogP contribution is 2.29. The number of anilines is 1. The fourth-order valence-corrected chi connectivity index (χ4v) is 3.12. The van der Waals surface area contributed by atoms with Crippen LogP contribution in [0, 0.1) is 0 Å². The van der Waals surface area contributed by atoms with Crippen LogP contribution >= 0.6 is 11.3 Å². The molecule has 2 aromatic heterocycles. The summed E-state index contributed by atoms with van der Waals surface area (Å²) in [6, 6.07) is 3.89. The van der Waals surface area contributed by atoms with E-state index in [0.29, 0.717) is 11.5 Å². The Morgan fingerprint density at radius 3 is 2.91 bits per heavy atom. The fourth-order valence-electron chi connectivity index (χ4n) is 2.35. The molecule has 0 aliphatic heterocycles. The Balaban J connectivity index is 1.69. The predicted molar refractivity (Wildman–Crippen MR) is 87.9 cm³/mol. The summed E-state index contributed by atoms with van der Waals surface area (Å²) in [4.78, 5) is 34.7. The van der Waals surface area contributed by atoms with Crippen molar-refractivity contribution in [3.63, 3.8) is 0 Å². The van der Waals surface area contributed by atoms with E-state index in [0.717, 1.165) is 30.5 Å². The van der Waals surface area contributed by atoms with E-state index in [1.165, 1.54) is 11.3 Å². The lowest BCUT2D eigenvalue weighted by molar-refractivity contribution is -0.144. The van der Waals surface area contributed by atoms with Gasteiger partial charge < -0.3 is 10.2 Å². The van der Waals surface area contributed by atoms with Gasteiger partial charge in [0.05, 0.1) is 11.2 Å². The van der Waals surface area contributed by atoms with Crippen molar-refractivity contribution in [1.29, 1.82) is 0 Å². The number of nitrogens with zero attached hydrogens (tertiary/aromatic N) is 3. The molecule has 2 heterocycles. The maximum absolute atomic E-state index is 12.5. The lowest BCUT2D eigenvalue weighted by atomic mass is 10.2. The van der Waals surface area contributed by atoms with Gasteiger partial charge in [-0.25, -0.2) is 4.98 Å². The van der Waals surface area contributed by atoms with Crippen molar-refractivity contribution in [2.45, 2.75) is 38.8 Å². The second-order valence-corrected chi connectivity index (χ2v) is 6.32. The van der Waals surface area contributed by atoms with E-state index in [9.17, 15) is 9.59 Å². The van der Waals surface area contributed by atoms with E-state index in [2.05, 4.69) is 15.3 Å². The van der Waals surface area contributed by atoms with Crippen LogP contribution in [0.2, 0.25) is 0 Å². The van der Waals surface area contributed by atoms with Crippen LogP contribution in [0.15, 0.2) is 30.0 Å². The minimum absolute atomic E-state index is 0.153. The Hall–Kier alpha value is -2.28. The van der Waals surface area contributed by atoms with Gasteiger partial charge in [-0.1, -0.05) is 13.0 Å². The zero-order valence-corrected chi connectivity index (χ0v) is 13.7. The summed E-state index contributed by atoms with van der Waals surface area (Å²) in [5.41, 5.74) is 3.40. The molecule has 0 radical (unpaired) electrons. The van der Waals surface area contributed by atoms with E-state index < -0.39 is 11.8 Å². The van der Waals surface area contributed by atoms with Gasteiger partial charge in [-0.2, -0.15) is 0 Å². The van der Waals surface area contributed by atoms with Crippen LogP contribution in [0.4, 0.5) is 5.00 Å². The molecule has 6 nitrogen and oxygen atoms in total. The predicted octanol–water partition coefficient (Wildman–Crippen LogP) is 2.23. The van der Waals surface area contributed by atoms with Crippen molar-refractivity contribution >= 4 is 28.2 Å². The Bertz CT molecular complexity index is 697. The summed E-state index contributed by atoms with van der Waals surface area (Å²) in [6.45, 7) is 2.37. The lowest BCUT2D eigenvalue weighted by Gasteiger charge is -2.21. The monoisotopic (exact) mass is 330 g/mol. The Morgan fingerprint density at radius 2 is 2.26 bits per heavy atom. The molecular formula is C16H18N4O2S. The van der Waals surface area contributed by atoms with Crippen molar-refractivity contribution in [2.24, 2.45) is 0 Å². The van der Waals surface area contributed by atoms with Gasteiger partial charge in [0.2, 0.25) is 0 Å². The number of hydrogen-bond donors (Lipinski definition) is 1. The van der Waals surface area contributed by atoms with E-state index in [1.807, 2.05) is 19.1 Å². The second kappa shape index (κ2) is 6.87. The number of thiazole rings is 1. The molecule has 0 unspecified atom stereocenters. The number of aryl methyl sites for hydroxylation is 1. The molecule has 1 aliphatic carbocycles. The summed E-state index contributed by atoms with van der Waals surface area (Å²) in [5.74, 6) is -1.09. The molecule has 1 N–H and O–H groups in total. The number of aromatic nitrogens is 2. The molecule has 7 heteroatoms. The highest BCUT2D eigenvalue weighted by atomic mass is 32.1. The number of carbonyl (C=O) groups is 2. The van der Waals surface area contributed by atoms with Crippen molar-refractivity contribution in [3.05, 3.63) is 41.3 Å². The van der Waals surface area contributed by atoms with Crippen LogP contribution in [-0.2, 0) is 22.6 Å². The molecule has 23 heavy (non-hydrogen) atoms. The summed E-state index contributed by atoms with van der Waals surface area (Å²) in [7, 11) is 0. The molecule has 3 rings (SSSR count).